The Labute approximate surface area is 102 Å². The van der Waals surface area contributed by atoms with Crippen molar-refractivity contribution in [2.45, 2.75) is 13.3 Å². The van der Waals surface area contributed by atoms with E-state index in [0.717, 1.165) is 19.5 Å². The molecule has 2 N–H and O–H groups in total. The maximum absolute atomic E-state index is 11.8. The standard InChI is InChI=1S/C13H20N2O2/c1-3-7-14-8-9-15-13(16)11-5-4-6-12(10-11)17-2/h4-6,10,14H,3,7-9H2,1-2H3,(H,15,16). The van der Waals surface area contributed by atoms with Crippen LogP contribution in [0.2, 0.25) is 0 Å². The monoisotopic (exact) mass is 236 g/mol. The number of carbonyl (C=O) groups excluding carboxylic acids is 1. The molecule has 0 heterocycles. The quantitative estimate of drug-likeness (QED) is 0.704. The first-order valence-electron chi connectivity index (χ1n) is 5.91. The lowest BCUT2D eigenvalue weighted by Gasteiger charge is -2.07. The van der Waals surface area contributed by atoms with E-state index in [4.69, 9.17) is 4.74 Å². The third-order valence-corrected chi connectivity index (χ3v) is 2.35. The lowest BCUT2D eigenvalue weighted by molar-refractivity contribution is 0.0953. The van der Waals surface area contributed by atoms with E-state index < -0.39 is 0 Å². The fourth-order valence-corrected chi connectivity index (χ4v) is 1.43. The molecule has 4 nitrogen and oxygen atoms in total. The van der Waals surface area contributed by atoms with Crippen LogP contribution in [0.4, 0.5) is 0 Å². The fourth-order valence-electron chi connectivity index (χ4n) is 1.43. The number of hydrogen-bond donors (Lipinski definition) is 2. The first-order valence-corrected chi connectivity index (χ1v) is 5.91. The van der Waals surface area contributed by atoms with Crippen LogP contribution in [0, 0.1) is 0 Å². The van der Waals surface area contributed by atoms with Crippen LogP contribution in [-0.2, 0) is 0 Å². The summed E-state index contributed by atoms with van der Waals surface area (Å²) in [4.78, 5) is 11.8. The summed E-state index contributed by atoms with van der Waals surface area (Å²) in [6.45, 7) is 4.52. The lowest BCUT2D eigenvalue weighted by Crippen LogP contribution is -2.32. The Bertz CT molecular complexity index is 353. The SMILES string of the molecule is CCCNCCNC(=O)c1cccc(OC)c1. The molecule has 94 valence electrons. The first-order chi connectivity index (χ1) is 8.27. The van der Waals surface area contributed by atoms with E-state index in [1.54, 1.807) is 19.2 Å². The van der Waals surface area contributed by atoms with E-state index in [2.05, 4.69) is 17.6 Å². The van der Waals surface area contributed by atoms with Crippen LogP contribution >= 0.6 is 0 Å². The van der Waals surface area contributed by atoms with Crippen molar-refractivity contribution in [1.82, 2.24) is 10.6 Å². The van der Waals surface area contributed by atoms with Crippen LogP contribution in [-0.4, -0.2) is 32.7 Å². The minimum Gasteiger partial charge on any atom is -0.497 e. The van der Waals surface area contributed by atoms with Crippen LogP contribution in [0.5, 0.6) is 5.75 Å². The van der Waals surface area contributed by atoms with Crippen molar-refractivity contribution in [2.75, 3.05) is 26.7 Å². The topological polar surface area (TPSA) is 50.4 Å². The van der Waals surface area contributed by atoms with Gasteiger partial charge in [0.15, 0.2) is 0 Å². The van der Waals surface area contributed by atoms with Crippen molar-refractivity contribution in [3.8, 4) is 5.75 Å². The molecule has 1 aromatic carbocycles. The first kappa shape index (κ1) is 13.5. The molecular formula is C13H20N2O2. The molecule has 0 spiro atoms. The number of benzene rings is 1. The Balaban J connectivity index is 2.36. The van der Waals surface area contributed by atoms with Gasteiger partial charge in [0.25, 0.3) is 5.91 Å². The molecule has 1 aromatic rings. The van der Waals surface area contributed by atoms with E-state index in [1.807, 2.05) is 12.1 Å². The highest BCUT2D eigenvalue weighted by molar-refractivity contribution is 5.94. The van der Waals surface area contributed by atoms with E-state index in [1.165, 1.54) is 0 Å². The Kier molecular flexibility index (Phi) is 6.10. The molecule has 0 saturated heterocycles. The second-order valence-corrected chi connectivity index (χ2v) is 3.74. The zero-order valence-electron chi connectivity index (χ0n) is 10.5. The van der Waals surface area contributed by atoms with Crippen LogP contribution in [0.1, 0.15) is 23.7 Å². The number of methoxy groups -OCH3 is 1. The van der Waals surface area contributed by atoms with E-state index in [-0.39, 0.29) is 5.91 Å². The second-order valence-electron chi connectivity index (χ2n) is 3.74. The molecule has 0 aliphatic heterocycles. The minimum absolute atomic E-state index is 0.0674. The van der Waals surface area contributed by atoms with Gasteiger partial charge in [0, 0.05) is 18.7 Å². The smallest absolute Gasteiger partial charge is 0.251 e. The summed E-state index contributed by atoms with van der Waals surface area (Å²) in [6.07, 6.45) is 1.10. The highest BCUT2D eigenvalue weighted by Crippen LogP contribution is 2.11. The predicted molar refractivity (Wildman–Crippen MR) is 68.5 cm³/mol. The van der Waals surface area contributed by atoms with Crippen LogP contribution < -0.4 is 15.4 Å². The highest BCUT2D eigenvalue weighted by atomic mass is 16.5. The van der Waals surface area contributed by atoms with Crippen molar-refractivity contribution >= 4 is 5.91 Å². The van der Waals surface area contributed by atoms with Gasteiger partial charge in [0.2, 0.25) is 0 Å². The molecule has 0 atom stereocenters. The number of ether oxygens (including phenoxy) is 1. The Hall–Kier alpha value is -1.55. The van der Waals surface area contributed by atoms with Gasteiger partial charge in [-0.25, -0.2) is 0 Å². The molecule has 4 heteroatoms. The Morgan fingerprint density at radius 1 is 1.29 bits per heavy atom. The van der Waals surface area contributed by atoms with Crippen molar-refractivity contribution in [3.63, 3.8) is 0 Å². The Morgan fingerprint density at radius 3 is 2.82 bits per heavy atom. The van der Waals surface area contributed by atoms with Gasteiger partial charge in [-0.3, -0.25) is 4.79 Å². The number of hydrogen-bond acceptors (Lipinski definition) is 3. The average Bonchev–Trinajstić information content (AvgIpc) is 2.38. The summed E-state index contributed by atoms with van der Waals surface area (Å²) in [6, 6.07) is 7.13. The molecule has 0 fully saturated rings. The number of nitrogens with one attached hydrogen (secondary N) is 2. The molecule has 0 radical (unpaired) electrons. The summed E-state index contributed by atoms with van der Waals surface area (Å²) in [5, 5.41) is 6.08. The van der Waals surface area contributed by atoms with Gasteiger partial charge in [-0.1, -0.05) is 13.0 Å². The van der Waals surface area contributed by atoms with Crippen molar-refractivity contribution in [3.05, 3.63) is 29.8 Å². The maximum atomic E-state index is 11.8. The molecule has 0 saturated carbocycles. The predicted octanol–water partition coefficient (Wildman–Crippen LogP) is 1.42. The molecule has 0 aliphatic rings. The van der Waals surface area contributed by atoms with Gasteiger partial charge in [-0.15, -0.1) is 0 Å². The summed E-state index contributed by atoms with van der Waals surface area (Å²) in [5.41, 5.74) is 0.625. The van der Waals surface area contributed by atoms with Gasteiger partial charge in [0.1, 0.15) is 5.75 Å². The molecule has 0 aliphatic carbocycles. The van der Waals surface area contributed by atoms with Gasteiger partial charge in [0.05, 0.1) is 7.11 Å². The molecular weight excluding hydrogens is 216 g/mol. The van der Waals surface area contributed by atoms with Gasteiger partial charge < -0.3 is 15.4 Å². The van der Waals surface area contributed by atoms with Gasteiger partial charge >= 0.3 is 0 Å². The van der Waals surface area contributed by atoms with E-state index >= 15 is 0 Å². The minimum atomic E-state index is -0.0674. The van der Waals surface area contributed by atoms with E-state index in [0.29, 0.717) is 17.9 Å². The van der Waals surface area contributed by atoms with Crippen LogP contribution in [0.15, 0.2) is 24.3 Å². The van der Waals surface area contributed by atoms with Crippen LogP contribution in [0.3, 0.4) is 0 Å². The summed E-state index contributed by atoms with van der Waals surface area (Å²) < 4.78 is 5.07. The fraction of sp³-hybridized carbons (Fsp3) is 0.462. The molecule has 0 aromatic heterocycles. The summed E-state index contributed by atoms with van der Waals surface area (Å²) >= 11 is 0. The highest BCUT2D eigenvalue weighted by Gasteiger charge is 2.05. The van der Waals surface area contributed by atoms with Crippen LogP contribution in [0.25, 0.3) is 0 Å². The number of carbonyl (C=O) groups is 1. The lowest BCUT2D eigenvalue weighted by atomic mass is 10.2. The third kappa shape index (κ3) is 4.87. The zero-order valence-corrected chi connectivity index (χ0v) is 10.5. The average molecular weight is 236 g/mol. The largest absolute Gasteiger partial charge is 0.497 e. The maximum Gasteiger partial charge on any atom is 0.251 e. The normalized spacial score (nSPS) is 10.0. The third-order valence-electron chi connectivity index (χ3n) is 2.35. The molecule has 17 heavy (non-hydrogen) atoms. The zero-order chi connectivity index (χ0) is 12.5. The second kappa shape index (κ2) is 7.68. The molecule has 1 rings (SSSR count). The molecule has 0 unspecified atom stereocenters. The van der Waals surface area contributed by atoms with Gasteiger partial charge in [-0.05, 0) is 31.2 Å². The van der Waals surface area contributed by atoms with E-state index in [9.17, 15) is 4.79 Å². The van der Waals surface area contributed by atoms with Crippen molar-refractivity contribution in [1.29, 1.82) is 0 Å². The van der Waals surface area contributed by atoms with Crippen molar-refractivity contribution < 1.29 is 9.53 Å². The number of rotatable bonds is 7. The molecule has 0 bridgehead atoms. The van der Waals surface area contributed by atoms with Crippen molar-refractivity contribution in [2.24, 2.45) is 0 Å². The van der Waals surface area contributed by atoms with Gasteiger partial charge in [-0.2, -0.15) is 0 Å². The summed E-state index contributed by atoms with van der Waals surface area (Å²) in [7, 11) is 1.59. The Morgan fingerprint density at radius 2 is 2.12 bits per heavy atom. The summed E-state index contributed by atoms with van der Waals surface area (Å²) in [5.74, 6) is 0.629. The number of amides is 1. The molecule has 1 amide bonds.